The molecular weight excluding hydrogens is 410 g/mol. The van der Waals surface area contributed by atoms with E-state index >= 15 is 0 Å². The number of nitrogens with zero attached hydrogens (tertiary/aromatic N) is 3. The van der Waals surface area contributed by atoms with E-state index in [9.17, 15) is 9.59 Å². The fraction of sp³-hybridized carbons (Fsp3) is 0.350. The summed E-state index contributed by atoms with van der Waals surface area (Å²) in [7, 11) is 0. The van der Waals surface area contributed by atoms with E-state index in [0.29, 0.717) is 44.7 Å². The molecule has 2 aliphatic rings. The first kappa shape index (κ1) is 18.0. The fourth-order valence-corrected chi connectivity index (χ4v) is 4.15. The van der Waals surface area contributed by atoms with Crippen LogP contribution in [0.2, 0.25) is 0 Å². The molecule has 0 unspecified atom stereocenters. The Hall–Kier alpha value is -2.41. The Labute approximate surface area is 166 Å². The smallest absolute Gasteiger partial charge is 0.410 e. The van der Waals surface area contributed by atoms with Gasteiger partial charge in [-0.2, -0.15) is 0 Å². The quantitative estimate of drug-likeness (QED) is 0.748. The number of pyridine rings is 1. The number of hydrogen-bond donors (Lipinski definition) is 0. The lowest BCUT2D eigenvalue weighted by Crippen LogP contribution is -2.48. The fourth-order valence-electron chi connectivity index (χ4n) is 3.70. The van der Waals surface area contributed by atoms with E-state index in [0.717, 1.165) is 10.0 Å². The monoisotopic (exact) mass is 429 g/mol. The second-order valence-electron chi connectivity index (χ2n) is 7.04. The molecule has 2 aromatic rings. The van der Waals surface area contributed by atoms with Gasteiger partial charge in [0.2, 0.25) is 0 Å². The lowest BCUT2D eigenvalue weighted by molar-refractivity contribution is 0.00296. The van der Waals surface area contributed by atoms with Gasteiger partial charge in [0.05, 0.1) is 6.54 Å². The molecule has 2 aliphatic heterocycles. The molecule has 0 radical (unpaired) electrons. The molecule has 1 spiro atoms. The number of carbonyl (C=O) groups excluding carboxylic acids is 2. The highest BCUT2D eigenvalue weighted by Gasteiger charge is 2.47. The number of amides is 2. The summed E-state index contributed by atoms with van der Waals surface area (Å²) in [6, 6.07) is 13.2. The Kier molecular flexibility index (Phi) is 4.86. The molecule has 140 valence electrons. The highest BCUT2D eigenvalue weighted by atomic mass is 79.9. The van der Waals surface area contributed by atoms with Crippen LogP contribution in [0, 0.1) is 0 Å². The van der Waals surface area contributed by atoms with E-state index < -0.39 is 5.60 Å². The lowest BCUT2D eigenvalue weighted by atomic mass is 9.91. The summed E-state index contributed by atoms with van der Waals surface area (Å²) < 4.78 is 6.75. The molecule has 2 saturated heterocycles. The Bertz CT molecular complexity index is 851. The van der Waals surface area contributed by atoms with Gasteiger partial charge < -0.3 is 9.64 Å². The van der Waals surface area contributed by atoms with Gasteiger partial charge in [-0.1, -0.05) is 34.1 Å². The van der Waals surface area contributed by atoms with Crippen molar-refractivity contribution in [1.82, 2.24) is 14.8 Å². The second-order valence-corrected chi connectivity index (χ2v) is 7.96. The van der Waals surface area contributed by atoms with Gasteiger partial charge in [-0.25, -0.2) is 4.79 Å². The molecule has 4 rings (SSSR count). The van der Waals surface area contributed by atoms with Crippen LogP contribution in [0.25, 0.3) is 0 Å². The molecular formula is C20H20BrN3O3. The van der Waals surface area contributed by atoms with Crippen molar-refractivity contribution in [2.75, 3.05) is 19.6 Å². The van der Waals surface area contributed by atoms with Gasteiger partial charge >= 0.3 is 6.09 Å². The predicted octanol–water partition coefficient (Wildman–Crippen LogP) is 3.47. The first-order chi connectivity index (χ1) is 13.0. The topological polar surface area (TPSA) is 62.7 Å². The first-order valence-corrected chi connectivity index (χ1v) is 9.77. The third-order valence-electron chi connectivity index (χ3n) is 5.15. The van der Waals surface area contributed by atoms with Crippen LogP contribution in [-0.4, -0.2) is 52.0 Å². The number of halogens is 1. The molecule has 0 N–H and O–H groups in total. The average molecular weight is 430 g/mol. The second kappa shape index (κ2) is 7.31. The van der Waals surface area contributed by atoms with Crippen LogP contribution >= 0.6 is 15.9 Å². The van der Waals surface area contributed by atoms with Crippen LogP contribution in [0.3, 0.4) is 0 Å². The van der Waals surface area contributed by atoms with E-state index in [1.54, 1.807) is 28.1 Å². The minimum absolute atomic E-state index is 0.0687. The molecule has 7 heteroatoms. The maximum absolute atomic E-state index is 12.5. The molecule has 0 saturated carbocycles. The zero-order valence-corrected chi connectivity index (χ0v) is 16.4. The van der Waals surface area contributed by atoms with Crippen molar-refractivity contribution in [2.24, 2.45) is 0 Å². The van der Waals surface area contributed by atoms with Gasteiger partial charge in [0.1, 0.15) is 11.3 Å². The van der Waals surface area contributed by atoms with Crippen molar-refractivity contribution in [1.29, 1.82) is 0 Å². The van der Waals surface area contributed by atoms with Crippen molar-refractivity contribution >= 4 is 27.9 Å². The SMILES string of the molecule is O=C1OC2(CCN(C(=O)c3ccccn3)CC2)CN1Cc1cccc(Br)c1. The van der Waals surface area contributed by atoms with Crippen molar-refractivity contribution in [2.45, 2.75) is 25.0 Å². The largest absolute Gasteiger partial charge is 0.441 e. The van der Waals surface area contributed by atoms with Crippen molar-refractivity contribution in [3.63, 3.8) is 0 Å². The first-order valence-electron chi connectivity index (χ1n) is 8.97. The average Bonchev–Trinajstić information content (AvgIpc) is 2.97. The molecule has 0 bridgehead atoms. The number of carbonyl (C=O) groups is 2. The van der Waals surface area contributed by atoms with Gasteiger partial charge in [-0.05, 0) is 29.8 Å². The summed E-state index contributed by atoms with van der Waals surface area (Å²) in [4.78, 5) is 32.6. The number of likely N-dealkylation sites (tertiary alicyclic amines) is 1. The molecule has 1 aromatic carbocycles. The summed E-state index contributed by atoms with van der Waals surface area (Å²) in [5, 5.41) is 0. The Morgan fingerprint density at radius 2 is 2.00 bits per heavy atom. The van der Waals surface area contributed by atoms with Crippen molar-refractivity contribution < 1.29 is 14.3 Å². The van der Waals surface area contributed by atoms with E-state index in [4.69, 9.17) is 4.74 Å². The maximum atomic E-state index is 12.5. The zero-order valence-electron chi connectivity index (χ0n) is 14.8. The third kappa shape index (κ3) is 3.83. The third-order valence-corrected chi connectivity index (χ3v) is 5.64. The van der Waals surface area contributed by atoms with Crippen LogP contribution < -0.4 is 0 Å². The van der Waals surface area contributed by atoms with Crippen LogP contribution in [0.5, 0.6) is 0 Å². The van der Waals surface area contributed by atoms with Crippen molar-refractivity contribution in [3.05, 3.63) is 64.4 Å². The summed E-state index contributed by atoms with van der Waals surface area (Å²) in [6.45, 7) is 2.21. The molecule has 6 nitrogen and oxygen atoms in total. The van der Waals surface area contributed by atoms with Gasteiger partial charge in [-0.15, -0.1) is 0 Å². The number of aromatic nitrogens is 1. The number of ether oxygens (including phenoxy) is 1. The molecule has 0 atom stereocenters. The number of benzene rings is 1. The molecule has 1 aromatic heterocycles. The Balaban J connectivity index is 1.38. The van der Waals surface area contributed by atoms with Crippen LogP contribution in [0.4, 0.5) is 4.79 Å². The summed E-state index contributed by atoms with van der Waals surface area (Å²) in [5.74, 6) is -0.0687. The van der Waals surface area contributed by atoms with Gasteiger partial charge in [0.15, 0.2) is 0 Å². The van der Waals surface area contributed by atoms with Crippen LogP contribution in [0.15, 0.2) is 53.1 Å². The molecule has 2 amide bonds. The summed E-state index contributed by atoms with van der Waals surface area (Å²) >= 11 is 3.46. The van der Waals surface area contributed by atoms with E-state index in [1.165, 1.54) is 0 Å². The van der Waals surface area contributed by atoms with Gasteiger partial charge in [0, 0.05) is 43.1 Å². The highest BCUT2D eigenvalue weighted by Crippen LogP contribution is 2.34. The van der Waals surface area contributed by atoms with E-state index in [1.807, 2.05) is 30.3 Å². The Morgan fingerprint density at radius 3 is 2.70 bits per heavy atom. The minimum Gasteiger partial charge on any atom is -0.441 e. The van der Waals surface area contributed by atoms with E-state index in [2.05, 4.69) is 20.9 Å². The van der Waals surface area contributed by atoms with Crippen LogP contribution in [-0.2, 0) is 11.3 Å². The molecule has 0 aliphatic carbocycles. The summed E-state index contributed by atoms with van der Waals surface area (Å²) in [6.07, 6.45) is 2.63. The van der Waals surface area contributed by atoms with Gasteiger partial charge in [0.25, 0.3) is 5.91 Å². The Morgan fingerprint density at radius 1 is 1.19 bits per heavy atom. The van der Waals surface area contributed by atoms with Crippen molar-refractivity contribution in [3.8, 4) is 0 Å². The predicted molar refractivity (Wildman–Crippen MR) is 103 cm³/mol. The minimum atomic E-state index is -0.496. The lowest BCUT2D eigenvalue weighted by Gasteiger charge is -2.37. The maximum Gasteiger partial charge on any atom is 0.410 e. The normalized spacial score (nSPS) is 18.6. The van der Waals surface area contributed by atoms with E-state index in [-0.39, 0.29) is 12.0 Å². The van der Waals surface area contributed by atoms with Gasteiger partial charge in [-0.3, -0.25) is 14.7 Å². The number of piperidine rings is 1. The zero-order chi connectivity index (χ0) is 18.9. The summed E-state index contributed by atoms with van der Waals surface area (Å²) in [5.41, 5.74) is 1.01. The van der Waals surface area contributed by atoms with Crippen LogP contribution in [0.1, 0.15) is 28.9 Å². The standard InChI is InChI=1S/C20H20BrN3O3/c21-16-5-3-4-15(12-16)13-24-14-20(27-19(24)26)7-10-23(11-8-20)18(25)17-6-1-2-9-22-17/h1-6,9,12H,7-8,10-11,13-14H2. The molecule has 3 heterocycles. The number of rotatable bonds is 3. The molecule has 2 fully saturated rings. The highest BCUT2D eigenvalue weighted by molar-refractivity contribution is 9.10. The number of hydrogen-bond acceptors (Lipinski definition) is 4. The molecule has 27 heavy (non-hydrogen) atoms.